The third-order valence-corrected chi connectivity index (χ3v) is 5.76. The van der Waals surface area contributed by atoms with E-state index in [1.165, 1.54) is 41.9 Å². The van der Waals surface area contributed by atoms with E-state index in [4.69, 9.17) is 14.2 Å². The topological polar surface area (TPSA) is 114 Å². The molecule has 0 aliphatic rings. The molecule has 0 aliphatic carbocycles. The Bertz CT molecular complexity index is 1050. The summed E-state index contributed by atoms with van der Waals surface area (Å²) in [7, 11) is 1.49. The number of carbonyl (C=O) groups excluding carboxylic acids is 3. The molecule has 0 spiro atoms. The minimum atomic E-state index is -0.704. The van der Waals surface area contributed by atoms with Crippen molar-refractivity contribution >= 4 is 41.1 Å². The summed E-state index contributed by atoms with van der Waals surface area (Å²) in [5.41, 5.74) is 0.821. The molecule has 2 amide bonds. The van der Waals surface area contributed by atoms with E-state index in [1.54, 1.807) is 39.8 Å². The van der Waals surface area contributed by atoms with Crippen molar-refractivity contribution in [2.45, 2.75) is 45.0 Å². The number of nitrogens with zero attached hydrogens (tertiary/aromatic N) is 1. The second-order valence-electron chi connectivity index (χ2n) is 8.90. The third kappa shape index (κ3) is 8.99. The lowest BCUT2D eigenvalue weighted by Gasteiger charge is -2.26. The Hall–Kier alpha value is -3.40. The van der Waals surface area contributed by atoms with Crippen molar-refractivity contribution in [3.8, 4) is 11.5 Å². The Morgan fingerprint density at radius 2 is 1.78 bits per heavy atom. The molecule has 0 aliphatic heterocycles. The van der Waals surface area contributed by atoms with Gasteiger partial charge in [0.2, 0.25) is 0 Å². The Kier molecular flexibility index (Phi) is 10.5. The first-order valence-electron chi connectivity index (χ1n) is 11.4. The van der Waals surface area contributed by atoms with Gasteiger partial charge in [0.25, 0.3) is 5.91 Å². The second-order valence-corrected chi connectivity index (χ2v) is 9.94. The highest BCUT2D eigenvalue weighted by Crippen LogP contribution is 2.30. The molecule has 0 saturated carbocycles. The number of aromatic hydroxyl groups is 1. The molecular formula is C26H34N2O7S. The number of thioether (sulfide) groups is 1. The van der Waals surface area contributed by atoms with Crippen LogP contribution in [-0.2, 0) is 25.5 Å². The minimum absolute atomic E-state index is 0.0681. The summed E-state index contributed by atoms with van der Waals surface area (Å²) < 4.78 is 16.0. The Morgan fingerprint density at radius 1 is 1.11 bits per heavy atom. The molecule has 1 unspecified atom stereocenters. The van der Waals surface area contributed by atoms with E-state index in [0.717, 1.165) is 5.56 Å². The number of phenolic OH excluding ortho intramolecular Hbond substituents is 1. The van der Waals surface area contributed by atoms with Crippen LogP contribution in [0.3, 0.4) is 0 Å². The zero-order chi connectivity index (χ0) is 26.9. The highest BCUT2D eigenvalue weighted by atomic mass is 32.2. The Morgan fingerprint density at radius 3 is 2.36 bits per heavy atom. The lowest BCUT2D eigenvalue weighted by Crippen LogP contribution is -2.34. The first kappa shape index (κ1) is 28.8. The second kappa shape index (κ2) is 13.1. The zero-order valence-electron chi connectivity index (χ0n) is 21.5. The summed E-state index contributed by atoms with van der Waals surface area (Å²) in [4.78, 5) is 38.2. The lowest BCUT2D eigenvalue weighted by molar-refractivity contribution is -0.142. The van der Waals surface area contributed by atoms with Gasteiger partial charge in [0.15, 0.2) is 6.61 Å². The maximum absolute atomic E-state index is 12.5. The predicted octanol–water partition coefficient (Wildman–Crippen LogP) is 4.62. The molecule has 9 nitrogen and oxygen atoms in total. The Labute approximate surface area is 216 Å². The standard InChI is InChI=1S/C26H34N2O7S/c1-7-33-24(31)22(36-6)14-17-8-11-19(12-9-17)34-16-23(30)27-20-13-10-18(29)15-21(20)28(5)25(32)35-26(2,3)4/h8-13,15,22,29H,7,14,16H2,1-6H3,(H,27,30). The van der Waals surface area contributed by atoms with Gasteiger partial charge in [-0.05, 0) is 70.2 Å². The number of benzene rings is 2. The van der Waals surface area contributed by atoms with E-state index in [9.17, 15) is 19.5 Å². The monoisotopic (exact) mass is 518 g/mol. The van der Waals surface area contributed by atoms with Gasteiger partial charge in [-0.1, -0.05) is 12.1 Å². The van der Waals surface area contributed by atoms with Crippen LogP contribution < -0.4 is 15.0 Å². The van der Waals surface area contributed by atoms with Crippen LogP contribution in [-0.4, -0.2) is 60.4 Å². The fourth-order valence-corrected chi connectivity index (χ4v) is 3.72. The Balaban J connectivity index is 1.99. The van der Waals surface area contributed by atoms with E-state index in [1.807, 2.05) is 18.4 Å². The average molecular weight is 519 g/mol. The average Bonchev–Trinajstić information content (AvgIpc) is 2.81. The molecule has 2 rings (SSSR count). The molecule has 36 heavy (non-hydrogen) atoms. The van der Waals surface area contributed by atoms with Crippen LogP contribution in [0.4, 0.5) is 16.2 Å². The summed E-state index contributed by atoms with van der Waals surface area (Å²) in [5.74, 6) is -0.273. The van der Waals surface area contributed by atoms with Gasteiger partial charge in [-0.15, -0.1) is 11.8 Å². The van der Waals surface area contributed by atoms with E-state index in [2.05, 4.69) is 5.32 Å². The fraction of sp³-hybridized carbons (Fsp3) is 0.423. The number of ether oxygens (including phenoxy) is 3. The molecule has 0 fully saturated rings. The van der Waals surface area contributed by atoms with Crippen LogP contribution in [0.2, 0.25) is 0 Å². The third-order valence-electron chi connectivity index (χ3n) is 4.83. The van der Waals surface area contributed by atoms with Gasteiger partial charge in [0, 0.05) is 13.1 Å². The van der Waals surface area contributed by atoms with Crippen molar-refractivity contribution < 1.29 is 33.7 Å². The number of anilines is 2. The van der Waals surface area contributed by atoms with Gasteiger partial charge in [-0.25, -0.2) is 4.79 Å². The quantitative estimate of drug-likeness (QED) is 0.346. The van der Waals surface area contributed by atoms with E-state index >= 15 is 0 Å². The summed E-state index contributed by atoms with van der Waals surface area (Å²) in [6.07, 6.45) is 1.75. The number of nitrogens with one attached hydrogen (secondary N) is 1. The summed E-state index contributed by atoms with van der Waals surface area (Å²) in [6.45, 7) is 7.08. The van der Waals surface area contributed by atoms with Crippen LogP contribution in [0.25, 0.3) is 0 Å². The van der Waals surface area contributed by atoms with Crippen molar-refractivity contribution in [1.82, 2.24) is 0 Å². The molecule has 2 aromatic rings. The normalized spacial score (nSPS) is 11.8. The minimum Gasteiger partial charge on any atom is -0.508 e. The zero-order valence-corrected chi connectivity index (χ0v) is 22.3. The van der Waals surface area contributed by atoms with Crippen molar-refractivity contribution in [3.05, 3.63) is 48.0 Å². The lowest BCUT2D eigenvalue weighted by atomic mass is 10.1. The van der Waals surface area contributed by atoms with Crippen LogP contribution in [0.1, 0.15) is 33.3 Å². The van der Waals surface area contributed by atoms with Gasteiger partial charge in [0.1, 0.15) is 22.4 Å². The maximum Gasteiger partial charge on any atom is 0.414 e. The van der Waals surface area contributed by atoms with E-state index < -0.39 is 17.6 Å². The highest BCUT2D eigenvalue weighted by molar-refractivity contribution is 7.99. The molecule has 1 atom stereocenters. The number of esters is 1. The number of hydrogen-bond acceptors (Lipinski definition) is 8. The molecule has 0 heterocycles. The molecule has 196 valence electrons. The van der Waals surface area contributed by atoms with Crippen molar-refractivity contribution in [2.75, 3.05) is 36.7 Å². The van der Waals surface area contributed by atoms with Gasteiger partial charge in [-0.3, -0.25) is 14.5 Å². The van der Waals surface area contributed by atoms with Crippen molar-refractivity contribution in [1.29, 1.82) is 0 Å². The molecule has 0 radical (unpaired) electrons. The predicted molar refractivity (Wildman–Crippen MR) is 141 cm³/mol. The number of hydrogen-bond donors (Lipinski definition) is 2. The van der Waals surface area contributed by atoms with Gasteiger partial charge in [-0.2, -0.15) is 0 Å². The van der Waals surface area contributed by atoms with Crippen molar-refractivity contribution in [2.24, 2.45) is 0 Å². The molecule has 2 aromatic carbocycles. The molecular weight excluding hydrogens is 484 g/mol. The summed E-state index contributed by atoms with van der Waals surface area (Å²) >= 11 is 1.43. The van der Waals surface area contributed by atoms with Crippen molar-refractivity contribution in [3.63, 3.8) is 0 Å². The molecule has 0 saturated heterocycles. The number of phenols is 1. The van der Waals surface area contributed by atoms with Crippen LogP contribution in [0.15, 0.2) is 42.5 Å². The first-order chi connectivity index (χ1) is 16.9. The molecule has 10 heteroatoms. The fourth-order valence-electron chi connectivity index (χ4n) is 3.10. The SMILES string of the molecule is CCOC(=O)C(Cc1ccc(OCC(=O)Nc2ccc(O)cc2N(C)C(=O)OC(C)(C)C)cc1)SC. The maximum atomic E-state index is 12.5. The molecule has 0 aromatic heterocycles. The number of carbonyl (C=O) groups is 3. The molecule has 0 bridgehead atoms. The van der Waals surface area contributed by atoms with Crippen LogP contribution >= 0.6 is 11.8 Å². The summed E-state index contributed by atoms with van der Waals surface area (Å²) in [6, 6.07) is 11.4. The smallest absolute Gasteiger partial charge is 0.414 e. The molecule has 2 N–H and O–H groups in total. The summed E-state index contributed by atoms with van der Waals surface area (Å²) in [5, 5.41) is 12.3. The largest absolute Gasteiger partial charge is 0.508 e. The van der Waals surface area contributed by atoms with Crippen LogP contribution in [0, 0.1) is 0 Å². The first-order valence-corrected chi connectivity index (χ1v) is 12.7. The van der Waals surface area contributed by atoms with Gasteiger partial charge in [0.05, 0.1) is 18.0 Å². The van der Waals surface area contributed by atoms with E-state index in [-0.39, 0.29) is 29.3 Å². The number of amides is 2. The van der Waals surface area contributed by atoms with Gasteiger partial charge < -0.3 is 24.6 Å². The van der Waals surface area contributed by atoms with Gasteiger partial charge >= 0.3 is 12.1 Å². The number of rotatable bonds is 10. The van der Waals surface area contributed by atoms with E-state index in [0.29, 0.717) is 24.5 Å². The van der Waals surface area contributed by atoms with Crippen LogP contribution in [0.5, 0.6) is 11.5 Å². The highest BCUT2D eigenvalue weighted by Gasteiger charge is 2.23.